The lowest BCUT2D eigenvalue weighted by atomic mass is 10.0. The van der Waals surface area contributed by atoms with Crippen LogP contribution in [0.25, 0.3) is 21.9 Å². The molecule has 3 aromatic rings. The van der Waals surface area contributed by atoms with Crippen LogP contribution in [0.1, 0.15) is 17.7 Å². The number of hydrogen-bond acceptors (Lipinski definition) is 5. The smallest absolute Gasteiger partial charge is 0.182 e. The first-order chi connectivity index (χ1) is 11.8. The Hall–Kier alpha value is -2.18. The molecule has 0 atom stereocenters. The maximum Gasteiger partial charge on any atom is 0.182 e. The zero-order chi connectivity index (χ0) is 16.5. The summed E-state index contributed by atoms with van der Waals surface area (Å²) in [6.45, 7) is 6.56. The molecule has 3 heterocycles. The van der Waals surface area contributed by atoms with Crippen molar-refractivity contribution in [3.63, 3.8) is 0 Å². The number of aryl methyl sites for hydroxylation is 1. The number of H-pyrrole nitrogens is 1. The zero-order valence-electron chi connectivity index (χ0n) is 14.1. The Morgan fingerprint density at radius 1 is 1.29 bits per heavy atom. The second-order valence-electron chi connectivity index (χ2n) is 6.26. The molecule has 24 heavy (non-hydrogen) atoms. The van der Waals surface area contributed by atoms with E-state index in [-0.39, 0.29) is 0 Å². The van der Waals surface area contributed by atoms with Gasteiger partial charge in [0.25, 0.3) is 0 Å². The number of fused-ring (bicyclic) bond motifs is 2. The molecule has 0 aliphatic carbocycles. The van der Waals surface area contributed by atoms with Gasteiger partial charge in [0, 0.05) is 42.7 Å². The van der Waals surface area contributed by atoms with E-state index in [1.54, 1.807) is 7.11 Å². The van der Waals surface area contributed by atoms with Crippen LogP contribution >= 0.6 is 0 Å². The SMILES string of the molecule is COc1ccc2nc3n[nH]c(C)c3c(CN3CCCOCC3)c2c1. The molecule has 2 aromatic heterocycles. The van der Waals surface area contributed by atoms with Gasteiger partial charge in [-0.15, -0.1) is 0 Å². The van der Waals surface area contributed by atoms with Crippen molar-refractivity contribution < 1.29 is 9.47 Å². The van der Waals surface area contributed by atoms with Gasteiger partial charge in [0.1, 0.15) is 5.75 Å². The standard InChI is InChI=1S/C18H22N4O2/c1-12-17-15(11-22-6-3-8-24-9-7-22)14-10-13(23-2)4-5-16(14)19-18(17)21-20-12/h4-5,10H,3,6-9,11H2,1-2H3,(H,19,20,21). The van der Waals surface area contributed by atoms with Gasteiger partial charge < -0.3 is 9.47 Å². The first kappa shape index (κ1) is 15.4. The molecule has 0 saturated carbocycles. The summed E-state index contributed by atoms with van der Waals surface area (Å²) >= 11 is 0. The number of nitrogens with one attached hydrogen (secondary N) is 1. The number of aromatic nitrogens is 3. The minimum Gasteiger partial charge on any atom is -0.497 e. The van der Waals surface area contributed by atoms with E-state index in [2.05, 4.69) is 28.1 Å². The highest BCUT2D eigenvalue weighted by molar-refractivity contribution is 5.97. The largest absolute Gasteiger partial charge is 0.497 e. The third-order valence-electron chi connectivity index (χ3n) is 4.68. The van der Waals surface area contributed by atoms with Crippen LogP contribution in [0.3, 0.4) is 0 Å². The molecular formula is C18H22N4O2. The Bertz CT molecular complexity index is 866. The van der Waals surface area contributed by atoms with Crippen molar-refractivity contribution in [3.8, 4) is 5.75 Å². The number of methoxy groups -OCH3 is 1. The number of benzene rings is 1. The quantitative estimate of drug-likeness (QED) is 0.802. The minimum atomic E-state index is 0.784. The molecule has 6 nitrogen and oxygen atoms in total. The maximum absolute atomic E-state index is 5.59. The van der Waals surface area contributed by atoms with Gasteiger partial charge in [-0.3, -0.25) is 10.00 Å². The van der Waals surface area contributed by atoms with Crippen molar-refractivity contribution in [1.29, 1.82) is 0 Å². The third-order valence-corrected chi connectivity index (χ3v) is 4.68. The van der Waals surface area contributed by atoms with Crippen molar-refractivity contribution in [3.05, 3.63) is 29.5 Å². The van der Waals surface area contributed by atoms with Gasteiger partial charge in [0.05, 0.1) is 19.2 Å². The fraction of sp³-hybridized carbons (Fsp3) is 0.444. The first-order valence-corrected chi connectivity index (χ1v) is 8.37. The molecule has 0 amide bonds. The van der Waals surface area contributed by atoms with Crippen LogP contribution < -0.4 is 4.74 Å². The minimum absolute atomic E-state index is 0.784. The lowest BCUT2D eigenvalue weighted by Crippen LogP contribution is -2.26. The second-order valence-corrected chi connectivity index (χ2v) is 6.26. The first-order valence-electron chi connectivity index (χ1n) is 8.37. The second kappa shape index (κ2) is 6.37. The predicted molar refractivity (Wildman–Crippen MR) is 93.4 cm³/mol. The van der Waals surface area contributed by atoms with E-state index in [0.29, 0.717) is 0 Å². The molecular weight excluding hydrogens is 304 g/mol. The molecule has 1 aliphatic rings. The molecule has 1 saturated heterocycles. The fourth-order valence-corrected chi connectivity index (χ4v) is 3.43. The summed E-state index contributed by atoms with van der Waals surface area (Å²) in [7, 11) is 1.70. The number of aromatic amines is 1. The van der Waals surface area contributed by atoms with Crippen LogP contribution in [0, 0.1) is 6.92 Å². The average Bonchev–Trinajstić information content (AvgIpc) is 2.81. The number of pyridine rings is 1. The van der Waals surface area contributed by atoms with Gasteiger partial charge in [-0.1, -0.05) is 0 Å². The van der Waals surface area contributed by atoms with Crippen molar-refractivity contribution in [2.45, 2.75) is 19.9 Å². The fourth-order valence-electron chi connectivity index (χ4n) is 3.43. The van der Waals surface area contributed by atoms with E-state index in [9.17, 15) is 0 Å². The monoisotopic (exact) mass is 326 g/mol. The highest BCUT2D eigenvalue weighted by Crippen LogP contribution is 2.30. The number of nitrogens with zero attached hydrogens (tertiary/aromatic N) is 3. The summed E-state index contributed by atoms with van der Waals surface area (Å²) in [5.74, 6) is 0.852. The topological polar surface area (TPSA) is 63.3 Å². The van der Waals surface area contributed by atoms with E-state index >= 15 is 0 Å². The van der Waals surface area contributed by atoms with E-state index in [0.717, 1.165) is 72.6 Å². The van der Waals surface area contributed by atoms with Gasteiger partial charge in [-0.25, -0.2) is 4.98 Å². The Labute approximate surface area is 140 Å². The molecule has 6 heteroatoms. The molecule has 126 valence electrons. The lowest BCUT2D eigenvalue weighted by Gasteiger charge is -2.21. The number of hydrogen-bond donors (Lipinski definition) is 1. The zero-order valence-corrected chi connectivity index (χ0v) is 14.1. The maximum atomic E-state index is 5.59. The van der Waals surface area contributed by atoms with E-state index in [1.165, 1.54) is 5.56 Å². The van der Waals surface area contributed by atoms with Gasteiger partial charge in [0.2, 0.25) is 0 Å². The lowest BCUT2D eigenvalue weighted by molar-refractivity contribution is 0.140. The summed E-state index contributed by atoms with van der Waals surface area (Å²) in [5, 5.41) is 9.72. The Balaban J connectivity index is 1.88. The molecule has 0 unspecified atom stereocenters. The molecule has 4 rings (SSSR count). The number of rotatable bonds is 3. The normalized spacial score (nSPS) is 16.6. The molecule has 1 aromatic carbocycles. The molecule has 0 spiro atoms. The number of ether oxygens (including phenoxy) is 2. The van der Waals surface area contributed by atoms with Crippen molar-refractivity contribution in [2.75, 3.05) is 33.4 Å². The van der Waals surface area contributed by atoms with Crippen LogP contribution in [-0.2, 0) is 11.3 Å². The molecule has 1 fully saturated rings. The van der Waals surface area contributed by atoms with Crippen LogP contribution in [0.2, 0.25) is 0 Å². The van der Waals surface area contributed by atoms with Crippen molar-refractivity contribution >= 4 is 21.9 Å². The van der Waals surface area contributed by atoms with Crippen LogP contribution in [0.4, 0.5) is 0 Å². The summed E-state index contributed by atoms with van der Waals surface area (Å²) < 4.78 is 11.0. The summed E-state index contributed by atoms with van der Waals surface area (Å²) in [6, 6.07) is 6.04. The van der Waals surface area contributed by atoms with Crippen LogP contribution in [-0.4, -0.2) is 53.5 Å². The van der Waals surface area contributed by atoms with Crippen LogP contribution in [0.5, 0.6) is 5.75 Å². The Kier molecular flexibility index (Phi) is 4.08. The summed E-state index contributed by atoms with van der Waals surface area (Å²) in [6.07, 6.45) is 1.07. The summed E-state index contributed by atoms with van der Waals surface area (Å²) in [5.41, 5.74) is 4.06. The molecule has 0 radical (unpaired) electrons. The van der Waals surface area contributed by atoms with Crippen LogP contribution in [0.15, 0.2) is 18.2 Å². The summed E-state index contributed by atoms with van der Waals surface area (Å²) in [4.78, 5) is 7.16. The highest BCUT2D eigenvalue weighted by Gasteiger charge is 2.18. The van der Waals surface area contributed by atoms with Crippen molar-refractivity contribution in [1.82, 2.24) is 20.1 Å². The van der Waals surface area contributed by atoms with Gasteiger partial charge in [-0.05, 0) is 37.1 Å². The van der Waals surface area contributed by atoms with E-state index < -0.39 is 0 Å². The van der Waals surface area contributed by atoms with Crippen molar-refractivity contribution in [2.24, 2.45) is 0 Å². The Morgan fingerprint density at radius 3 is 3.08 bits per heavy atom. The highest BCUT2D eigenvalue weighted by atomic mass is 16.5. The third kappa shape index (κ3) is 2.72. The van der Waals surface area contributed by atoms with Gasteiger partial charge in [0.15, 0.2) is 5.65 Å². The molecule has 1 aliphatic heterocycles. The van der Waals surface area contributed by atoms with Gasteiger partial charge >= 0.3 is 0 Å². The Morgan fingerprint density at radius 2 is 2.21 bits per heavy atom. The van der Waals surface area contributed by atoms with Gasteiger partial charge in [-0.2, -0.15) is 5.10 Å². The van der Waals surface area contributed by atoms with E-state index in [1.807, 2.05) is 12.1 Å². The molecule has 1 N–H and O–H groups in total. The predicted octanol–water partition coefficient (Wildman–Crippen LogP) is 2.65. The average molecular weight is 326 g/mol. The molecule has 0 bridgehead atoms. The van der Waals surface area contributed by atoms with E-state index in [4.69, 9.17) is 14.5 Å².